The van der Waals surface area contributed by atoms with E-state index in [4.69, 9.17) is 0 Å². The lowest BCUT2D eigenvalue weighted by atomic mass is 10.2. The summed E-state index contributed by atoms with van der Waals surface area (Å²) in [5.41, 5.74) is -0.0309. The van der Waals surface area contributed by atoms with Crippen LogP contribution < -0.4 is 10.1 Å². The average molecular weight is 307 g/mol. The number of carbonyl (C=O) groups excluding carboxylic acids is 2. The molecule has 1 aromatic carbocycles. The van der Waals surface area contributed by atoms with Gasteiger partial charge in [-0.25, -0.2) is 4.39 Å². The molecule has 106 valence electrons. The van der Waals surface area contributed by atoms with Crippen LogP contribution in [0.25, 0.3) is 6.08 Å². The zero-order valence-electron chi connectivity index (χ0n) is 9.45. The first-order valence-electron chi connectivity index (χ1n) is 5.04. The summed E-state index contributed by atoms with van der Waals surface area (Å²) in [6, 6.07) is 2.37. The molecule has 0 bridgehead atoms. The van der Waals surface area contributed by atoms with Crippen LogP contribution in [-0.4, -0.2) is 17.5 Å². The molecule has 1 N–H and O–H groups in total. The van der Waals surface area contributed by atoms with Crippen LogP contribution in [0.3, 0.4) is 0 Å². The van der Waals surface area contributed by atoms with Crippen molar-refractivity contribution in [2.24, 2.45) is 0 Å². The summed E-state index contributed by atoms with van der Waals surface area (Å²) in [5, 5.41) is 1.36. The highest BCUT2D eigenvalue weighted by molar-refractivity contribution is 8.18. The second kappa shape index (κ2) is 5.16. The van der Waals surface area contributed by atoms with Gasteiger partial charge in [0.25, 0.3) is 11.1 Å². The van der Waals surface area contributed by atoms with Gasteiger partial charge in [-0.05, 0) is 35.5 Å². The molecule has 0 atom stereocenters. The molecule has 1 fully saturated rings. The van der Waals surface area contributed by atoms with E-state index in [9.17, 15) is 27.2 Å². The average Bonchev–Trinajstić information content (AvgIpc) is 2.53. The quantitative estimate of drug-likeness (QED) is 0.674. The number of alkyl halides is 3. The Hall–Kier alpha value is -2.03. The molecule has 2 amide bonds. The predicted molar refractivity (Wildman–Crippen MR) is 62.2 cm³/mol. The third-order valence-electron chi connectivity index (χ3n) is 2.07. The van der Waals surface area contributed by atoms with Crippen LogP contribution in [0.2, 0.25) is 0 Å². The molecule has 1 saturated heterocycles. The van der Waals surface area contributed by atoms with Crippen LogP contribution in [0.5, 0.6) is 5.75 Å². The number of rotatable bonds is 2. The maximum absolute atomic E-state index is 13.2. The van der Waals surface area contributed by atoms with Crippen molar-refractivity contribution in [3.8, 4) is 5.75 Å². The largest absolute Gasteiger partial charge is 0.573 e. The second-order valence-corrected chi connectivity index (χ2v) is 4.64. The monoisotopic (exact) mass is 307 g/mol. The fraction of sp³-hybridized carbons (Fsp3) is 0.0909. The Morgan fingerprint density at radius 1 is 1.20 bits per heavy atom. The van der Waals surface area contributed by atoms with Gasteiger partial charge in [-0.15, -0.1) is 13.2 Å². The Balaban J connectivity index is 2.31. The molecule has 0 spiro atoms. The molecular formula is C11H5F4NO3S. The number of hydrogen-bond donors (Lipinski definition) is 1. The van der Waals surface area contributed by atoms with E-state index in [1.54, 1.807) is 0 Å². The molecule has 0 radical (unpaired) electrons. The van der Waals surface area contributed by atoms with E-state index in [1.165, 1.54) is 0 Å². The molecule has 1 aliphatic heterocycles. The van der Waals surface area contributed by atoms with Gasteiger partial charge in [0.2, 0.25) is 0 Å². The van der Waals surface area contributed by atoms with Gasteiger partial charge in [0.05, 0.1) is 4.91 Å². The van der Waals surface area contributed by atoms with E-state index in [0.717, 1.165) is 18.2 Å². The Kier molecular flexibility index (Phi) is 3.71. The summed E-state index contributed by atoms with van der Waals surface area (Å²) in [5.74, 6) is -2.41. The van der Waals surface area contributed by atoms with E-state index in [1.807, 2.05) is 5.32 Å². The third kappa shape index (κ3) is 3.73. The fourth-order valence-electron chi connectivity index (χ4n) is 1.43. The normalized spacial score (nSPS) is 17.5. The number of hydrogen-bond acceptors (Lipinski definition) is 4. The number of thioether (sulfide) groups is 1. The molecule has 0 aliphatic carbocycles. The zero-order chi connectivity index (χ0) is 14.9. The molecule has 0 aromatic heterocycles. The van der Waals surface area contributed by atoms with Crippen molar-refractivity contribution in [3.63, 3.8) is 0 Å². The highest BCUT2D eigenvalue weighted by Gasteiger charge is 2.31. The third-order valence-corrected chi connectivity index (χ3v) is 2.88. The molecule has 9 heteroatoms. The van der Waals surface area contributed by atoms with Crippen LogP contribution in [0, 0.1) is 5.82 Å². The van der Waals surface area contributed by atoms with Gasteiger partial charge >= 0.3 is 6.36 Å². The van der Waals surface area contributed by atoms with Crippen molar-refractivity contribution in [2.45, 2.75) is 6.36 Å². The minimum atomic E-state index is -4.95. The van der Waals surface area contributed by atoms with E-state index in [0.29, 0.717) is 17.8 Å². The summed E-state index contributed by atoms with van der Waals surface area (Å²) in [6.07, 6.45) is -3.86. The molecule has 0 saturated carbocycles. The van der Waals surface area contributed by atoms with Crippen molar-refractivity contribution in [1.82, 2.24) is 5.32 Å². The van der Waals surface area contributed by atoms with Crippen LogP contribution >= 0.6 is 11.8 Å². The number of benzene rings is 1. The summed E-state index contributed by atoms with van der Waals surface area (Å²) in [6.45, 7) is 0. The Bertz CT molecular complexity index is 612. The molecule has 0 unspecified atom stereocenters. The number of carbonyl (C=O) groups is 2. The van der Waals surface area contributed by atoms with E-state index >= 15 is 0 Å². The Morgan fingerprint density at radius 2 is 1.90 bits per heavy atom. The van der Waals surface area contributed by atoms with E-state index in [-0.39, 0.29) is 10.5 Å². The molecule has 1 heterocycles. The van der Waals surface area contributed by atoms with Crippen molar-refractivity contribution in [1.29, 1.82) is 0 Å². The summed E-state index contributed by atoms with van der Waals surface area (Å²) in [4.78, 5) is 22.1. The first kappa shape index (κ1) is 14.4. The van der Waals surface area contributed by atoms with Crippen LogP contribution in [0.15, 0.2) is 23.1 Å². The lowest BCUT2D eigenvalue weighted by Crippen LogP contribution is -2.18. The number of ether oxygens (including phenoxy) is 1. The summed E-state index contributed by atoms with van der Waals surface area (Å²) in [7, 11) is 0. The van der Waals surface area contributed by atoms with Gasteiger partial charge in [-0.1, -0.05) is 0 Å². The lowest BCUT2D eigenvalue weighted by Gasteiger charge is -2.09. The van der Waals surface area contributed by atoms with Crippen LogP contribution in [0.4, 0.5) is 22.4 Å². The van der Waals surface area contributed by atoms with Crippen LogP contribution in [0.1, 0.15) is 5.56 Å². The maximum Gasteiger partial charge on any atom is 0.573 e. The van der Waals surface area contributed by atoms with Gasteiger partial charge in [-0.2, -0.15) is 0 Å². The summed E-state index contributed by atoms with van der Waals surface area (Å²) >= 11 is 0.569. The molecule has 1 aliphatic rings. The highest BCUT2D eigenvalue weighted by Crippen LogP contribution is 2.29. The molecule has 20 heavy (non-hydrogen) atoms. The van der Waals surface area contributed by atoms with Gasteiger partial charge in [-0.3, -0.25) is 14.9 Å². The smallest absolute Gasteiger partial charge is 0.406 e. The number of halogens is 4. The number of imide groups is 1. The number of amides is 2. The maximum atomic E-state index is 13.2. The topological polar surface area (TPSA) is 55.4 Å². The van der Waals surface area contributed by atoms with Gasteiger partial charge < -0.3 is 4.74 Å². The lowest BCUT2D eigenvalue weighted by molar-refractivity contribution is -0.274. The number of nitrogens with one attached hydrogen (secondary N) is 1. The minimum absolute atomic E-state index is 0.0309. The summed E-state index contributed by atoms with van der Waals surface area (Å²) < 4.78 is 52.9. The highest BCUT2D eigenvalue weighted by atomic mass is 32.2. The SMILES string of the molecule is O=C1NC(=O)/C(=C\c2cc(F)cc(OC(F)(F)F)c2)S1. The predicted octanol–water partition coefficient (Wildman–Crippen LogP) is 3.05. The molecular weight excluding hydrogens is 302 g/mol. The molecule has 1 aromatic rings. The second-order valence-electron chi connectivity index (χ2n) is 3.62. The Labute approximate surface area is 113 Å². The van der Waals surface area contributed by atoms with E-state index in [2.05, 4.69) is 4.74 Å². The first-order chi connectivity index (χ1) is 9.23. The van der Waals surface area contributed by atoms with Crippen LogP contribution in [-0.2, 0) is 4.79 Å². The first-order valence-corrected chi connectivity index (χ1v) is 5.86. The molecule has 4 nitrogen and oxygen atoms in total. The zero-order valence-corrected chi connectivity index (χ0v) is 10.3. The van der Waals surface area contributed by atoms with Crippen molar-refractivity contribution < 1.29 is 31.9 Å². The van der Waals surface area contributed by atoms with Gasteiger partial charge in [0, 0.05) is 6.07 Å². The van der Waals surface area contributed by atoms with Crippen molar-refractivity contribution >= 4 is 29.0 Å². The van der Waals surface area contributed by atoms with Gasteiger partial charge in [0.1, 0.15) is 11.6 Å². The van der Waals surface area contributed by atoms with E-state index < -0.39 is 29.1 Å². The minimum Gasteiger partial charge on any atom is -0.406 e. The Morgan fingerprint density at radius 3 is 2.45 bits per heavy atom. The fourth-order valence-corrected chi connectivity index (χ4v) is 2.11. The standard InChI is InChI=1S/C11H5F4NO3S/c12-6-1-5(2-7(4-6)19-11(13,14)15)3-8-9(17)16-10(18)20-8/h1-4H,(H,16,17,18)/b8-3+. The van der Waals surface area contributed by atoms with Gasteiger partial charge in [0.15, 0.2) is 0 Å². The van der Waals surface area contributed by atoms with Crippen molar-refractivity contribution in [2.75, 3.05) is 0 Å². The van der Waals surface area contributed by atoms with Crippen molar-refractivity contribution in [3.05, 3.63) is 34.5 Å². The molecule has 2 rings (SSSR count).